The molecule has 80 valence electrons. The molecule has 0 saturated heterocycles. The normalized spacial score (nSPS) is 9.73. The third-order valence-electron chi connectivity index (χ3n) is 1.93. The van der Waals surface area contributed by atoms with E-state index in [4.69, 9.17) is 11.6 Å². The van der Waals surface area contributed by atoms with Crippen LogP contribution in [0.2, 0.25) is 5.02 Å². The van der Waals surface area contributed by atoms with Crippen LogP contribution in [0.5, 0.6) is 0 Å². The van der Waals surface area contributed by atoms with Crippen molar-refractivity contribution in [2.24, 2.45) is 0 Å². The molecule has 0 radical (unpaired) electrons. The summed E-state index contributed by atoms with van der Waals surface area (Å²) in [7, 11) is 1.30. The van der Waals surface area contributed by atoms with Crippen molar-refractivity contribution in [1.29, 1.82) is 0 Å². The van der Waals surface area contributed by atoms with Gasteiger partial charge in [-0.1, -0.05) is 23.7 Å². The number of methoxy groups -OCH3 is 1. The van der Waals surface area contributed by atoms with E-state index in [1.807, 2.05) is 0 Å². The molecule has 4 heteroatoms. The first-order valence-corrected chi connectivity index (χ1v) is 4.87. The van der Waals surface area contributed by atoms with E-state index in [2.05, 4.69) is 4.74 Å². The van der Waals surface area contributed by atoms with Crippen molar-refractivity contribution in [3.05, 3.63) is 34.9 Å². The molecule has 0 fully saturated rings. The van der Waals surface area contributed by atoms with Gasteiger partial charge < -0.3 is 4.74 Å². The summed E-state index contributed by atoms with van der Waals surface area (Å²) in [5.74, 6) is -0.492. The topological polar surface area (TPSA) is 43.4 Å². The molecule has 1 aromatic rings. The zero-order valence-electron chi connectivity index (χ0n) is 8.33. The number of carbonyl (C=O) groups excluding carboxylic acids is 2. The molecule has 0 heterocycles. The van der Waals surface area contributed by atoms with Gasteiger partial charge in [-0.2, -0.15) is 0 Å². The summed E-state index contributed by atoms with van der Waals surface area (Å²) in [5, 5.41) is 0.513. The molecular formula is C11H11ClO3. The van der Waals surface area contributed by atoms with Crippen molar-refractivity contribution in [1.82, 2.24) is 0 Å². The number of ether oxygens (including phenoxy) is 1. The first-order chi connectivity index (χ1) is 7.13. The largest absolute Gasteiger partial charge is 0.469 e. The Labute approximate surface area is 93.0 Å². The predicted octanol–water partition coefficient (Wildman–Crippen LogP) is 2.48. The Morgan fingerprint density at radius 1 is 1.33 bits per heavy atom. The summed E-state index contributed by atoms with van der Waals surface area (Å²) >= 11 is 5.74. The summed E-state index contributed by atoms with van der Waals surface area (Å²) in [6, 6.07) is 6.65. The fraction of sp³-hybridized carbons (Fsp3) is 0.273. The highest BCUT2D eigenvalue weighted by Crippen LogP contribution is 2.13. The van der Waals surface area contributed by atoms with Gasteiger partial charge in [0.2, 0.25) is 0 Å². The minimum absolute atomic E-state index is 0.0991. The van der Waals surface area contributed by atoms with Gasteiger partial charge in [0.25, 0.3) is 0 Å². The van der Waals surface area contributed by atoms with E-state index in [9.17, 15) is 9.59 Å². The summed E-state index contributed by atoms with van der Waals surface area (Å²) < 4.78 is 4.44. The molecule has 0 spiro atoms. The number of hydrogen-bond donors (Lipinski definition) is 0. The van der Waals surface area contributed by atoms with E-state index >= 15 is 0 Å². The van der Waals surface area contributed by atoms with Gasteiger partial charge in [-0.05, 0) is 12.1 Å². The molecular weight excluding hydrogens is 216 g/mol. The van der Waals surface area contributed by atoms with Crippen LogP contribution in [0, 0.1) is 0 Å². The number of rotatable bonds is 4. The number of ketones is 1. The van der Waals surface area contributed by atoms with Gasteiger partial charge in [0.15, 0.2) is 5.78 Å². The SMILES string of the molecule is COC(=O)CCC(=O)c1cccc(Cl)c1. The van der Waals surface area contributed by atoms with Crippen molar-refractivity contribution in [3.63, 3.8) is 0 Å². The average Bonchev–Trinajstić information content (AvgIpc) is 2.25. The van der Waals surface area contributed by atoms with Crippen molar-refractivity contribution in [2.75, 3.05) is 7.11 Å². The molecule has 0 aliphatic carbocycles. The van der Waals surface area contributed by atoms with Gasteiger partial charge in [-0.15, -0.1) is 0 Å². The Hall–Kier alpha value is -1.35. The van der Waals surface area contributed by atoms with Crippen LogP contribution in [0.25, 0.3) is 0 Å². The Kier molecular flexibility index (Phi) is 4.31. The van der Waals surface area contributed by atoms with Gasteiger partial charge in [0.1, 0.15) is 0 Å². The zero-order chi connectivity index (χ0) is 11.3. The van der Waals surface area contributed by atoms with Gasteiger partial charge >= 0.3 is 5.97 Å². The Balaban J connectivity index is 2.58. The smallest absolute Gasteiger partial charge is 0.305 e. The molecule has 0 bridgehead atoms. The van der Waals surface area contributed by atoms with Crippen LogP contribution < -0.4 is 0 Å². The molecule has 0 aromatic heterocycles. The number of carbonyl (C=O) groups is 2. The highest BCUT2D eigenvalue weighted by molar-refractivity contribution is 6.31. The molecule has 1 rings (SSSR count). The fourth-order valence-corrected chi connectivity index (χ4v) is 1.31. The molecule has 0 aliphatic heterocycles. The van der Waals surface area contributed by atoms with Crippen molar-refractivity contribution >= 4 is 23.4 Å². The molecule has 0 aliphatic rings. The summed E-state index contributed by atoms with van der Waals surface area (Å²) in [5.41, 5.74) is 0.520. The highest BCUT2D eigenvalue weighted by Gasteiger charge is 2.09. The summed E-state index contributed by atoms with van der Waals surface area (Å²) in [6.07, 6.45) is 0.245. The predicted molar refractivity (Wildman–Crippen MR) is 57.0 cm³/mol. The van der Waals surface area contributed by atoms with Crippen LogP contribution in [-0.2, 0) is 9.53 Å². The van der Waals surface area contributed by atoms with Gasteiger partial charge in [-0.3, -0.25) is 9.59 Å². The van der Waals surface area contributed by atoms with Crippen molar-refractivity contribution in [3.8, 4) is 0 Å². The lowest BCUT2D eigenvalue weighted by molar-refractivity contribution is -0.140. The first kappa shape index (κ1) is 11.7. The van der Waals surface area contributed by atoms with E-state index in [0.29, 0.717) is 10.6 Å². The second kappa shape index (κ2) is 5.51. The number of Topliss-reactive ketones (excluding diaryl/α,β-unsaturated/α-hetero) is 1. The molecule has 0 N–H and O–H groups in total. The maximum absolute atomic E-state index is 11.6. The molecule has 0 saturated carbocycles. The third kappa shape index (κ3) is 3.72. The van der Waals surface area contributed by atoms with Crippen molar-refractivity contribution < 1.29 is 14.3 Å². The van der Waals surface area contributed by atoms with Gasteiger partial charge in [0.05, 0.1) is 13.5 Å². The molecule has 0 atom stereocenters. The van der Waals surface area contributed by atoms with Crippen LogP contribution in [-0.4, -0.2) is 18.9 Å². The van der Waals surface area contributed by atoms with Crippen LogP contribution in [0.15, 0.2) is 24.3 Å². The fourth-order valence-electron chi connectivity index (χ4n) is 1.12. The maximum Gasteiger partial charge on any atom is 0.305 e. The van der Waals surface area contributed by atoms with E-state index in [1.165, 1.54) is 7.11 Å². The number of benzene rings is 1. The van der Waals surface area contributed by atoms with E-state index in [0.717, 1.165) is 0 Å². The molecule has 0 unspecified atom stereocenters. The molecule has 15 heavy (non-hydrogen) atoms. The van der Waals surface area contributed by atoms with Crippen LogP contribution in [0.4, 0.5) is 0 Å². The summed E-state index contributed by atoms with van der Waals surface area (Å²) in [6.45, 7) is 0. The van der Waals surface area contributed by atoms with Crippen LogP contribution >= 0.6 is 11.6 Å². The maximum atomic E-state index is 11.6. The van der Waals surface area contributed by atoms with E-state index < -0.39 is 0 Å². The lowest BCUT2D eigenvalue weighted by atomic mass is 10.1. The van der Waals surface area contributed by atoms with Crippen LogP contribution in [0.1, 0.15) is 23.2 Å². The second-order valence-corrected chi connectivity index (χ2v) is 3.45. The average molecular weight is 227 g/mol. The number of esters is 1. The van der Waals surface area contributed by atoms with Crippen LogP contribution in [0.3, 0.4) is 0 Å². The number of hydrogen-bond acceptors (Lipinski definition) is 3. The summed E-state index contributed by atoms with van der Waals surface area (Å²) in [4.78, 5) is 22.4. The van der Waals surface area contributed by atoms with Crippen molar-refractivity contribution in [2.45, 2.75) is 12.8 Å². The lowest BCUT2D eigenvalue weighted by Crippen LogP contribution is -2.05. The molecule has 3 nitrogen and oxygen atoms in total. The Morgan fingerprint density at radius 2 is 2.07 bits per heavy atom. The first-order valence-electron chi connectivity index (χ1n) is 4.49. The van der Waals surface area contributed by atoms with Gasteiger partial charge in [-0.25, -0.2) is 0 Å². The highest BCUT2D eigenvalue weighted by atomic mass is 35.5. The van der Waals surface area contributed by atoms with E-state index in [1.54, 1.807) is 24.3 Å². The standard InChI is InChI=1S/C11H11ClO3/c1-15-11(14)6-5-10(13)8-3-2-4-9(12)7-8/h2-4,7H,5-6H2,1H3. The Morgan fingerprint density at radius 3 is 2.67 bits per heavy atom. The quantitative estimate of drug-likeness (QED) is 0.585. The van der Waals surface area contributed by atoms with Gasteiger partial charge in [0, 0.05) is 17.0 Å². The minimum Gasteiger partial charge on any atom is -0.469 e. The third-order valence-corrected chi connectivity index (χ3v) is 2.17. The Bertz CT molecular complexity index is 374. The minimum atomic E-state index is -0.384. The lowest BCUT2D eigenvalue weighted by Gasteiger charge is -2.00. The molecule has 1 aromatic carbocycles. The number of halogens is 1. The monoisotopic (exact) mass is 226 g/mol. The molecule has 0 amide bonds. The zero-order valence-corrected chi connectivity index (χ0v) is 9.08. The second-order valence-electron chi connectivity index (χ2n) is 3.01. The van der Waals surface area contributed by atoms with E-state index in [-0.39, 0.29) is 24.6 Å².